The first-order chi connectivity index (χ1) is 10.7. The molecular weight excluding hydrogens is 316 g/mol. The highest BCUT2D eigenvalue weighted by molar-refractivity contribution is 7.89. The van der Waals surface area contributed by atoms with Crippen LogP contribution in [-0.2, 0) is 10.0 Å². The third kappa shape index (κ3) is 5.51. The van der Waals surface area contributed by atoms with Crippen LogP contribution in [0.5, 0.6) is 0 Å². The van der Waals surface area contributed by atoms with Crippen LogP contribution in [0.3, 0.4) is 0 Å². The molecule has 0 aliphatic rings. The smallest absolute Gasteiger partial charge is 0.337 e. The summed E-state index contributed by atoms with van der Waals surface area (Å²) < 4.78 is 27.3. The highest BCUT2D eigenvalue weighted by atomic mass is 32.2. The second-order valence-electron chi connectivity index (χ2n) is 5.78. The maximum atomic E-state index is 12.4. The van der Waals surface area contributed by atoms with E-state index in [0.29, 0.717) is 5.69 Å². The van der Waals surface area contributed by atoms with Gasteiger partial charge >= 0.3 is 5.97 Å². The minimum Gasteiger partial charge on any atom is -0.478 e. The quantitative estimate of drug-likeness (QED) is 0.641. The lowest BCUT2D eigenvalue weighted by atomic mass is 10.1. The molecule has 1 aromatic rings. The van der Waals surface area contributed by atoms with Crippen molar-refractivity contribution in [1.82, 2.24) is 4.72 Å². The third-order valence-electron chi connectivity index (χ3n) is 3.62. The summed E-state index contributed by atoms with van der Waals surface area (Å²) >= 11 is 0. The standard InChI is InChI=1S/C16H26N2O4S/c1-5-7-12(4)18-23(21,22)13-8-9-15(17-11(3)6-2)14(10-13)16(19)20/h8-12,17-18H,5-7H2,1-4H3,(H,19,20)/t11-,12+/m0/s1. The summed E-state index contributed by atoms with van der Waals surface area (Å²) in [5.41, 5.74) is 0.378. The van der Waals surface area contributed by atoms with Crippen molar-refractivity contribution in [2.24, 2.45) is 0 Å². The van der Waals surface area contributed by atoms with E-state index in [4.69, 9.17) is 0 Å². The number of carboxylic acids is 1. The molecule has 3 N–H and O–H groups in total. The lowest BCUT2D eigenvalue weighted by Crippen LogP contribution is -2.32. The van der Waals surface area contributed by atoms with Crippen LogP contribution in [0.25, 0.3) is 0 Å². The highest BCUT2D eigenvalue weighted by Gasteiger charge is 2.21. The van der Waals surface area contributed by atoms with Crippen LogP contribution in [0.4, 0.5) is 5.69 Å². The number of rotatable bonds is 9. The lowest BCUT2D eigenvalue weighted by Gasteiger charge is -2.17. The molecule has 23 heavy (non-hydrogen) atoms. The number of nitrogens with one attached hydrogen (secondary N) is 2. The van der Waals surface area contributed by atoms with Crippen molar-refractivity contribution in [2.75, 3.05) is 5.32 Å². The van der Waals surface area contributed by atoms with Gasteiger partial charge < -0.3 is 10.4 Å². The Bertz CT molecular complexity index is 643. The molecule has 0 aromatic heterocycles. The Balaban J connectivity index is 3.14. The number of carbonyl (C=O) groups is 1. The molecule has 0 bridgehead atoms. The van der Waals surface area contributed by atoms with E-state index in [2.05, 4.69) is 10.0 Å². The van der Waals surface area contributed by atoms with Gasteiger partial charge in [0.15, 0.2) is 0 Å². The number of benzene rings is 1. The van der Waals surface area contributed by atoms with E-state index >= 15 is 0 Å². The number of hydrogen-bond donors (Lipinski definition) is 3. The first kappa shape index (κ1) is 19.4. The van der Waals surface area contributed by atoms with Crippen molar-refractivity contribution < 1.29 is 18.3 Å². The van der Waals surface area contributed by atoms with E-state index < -0.39 is 16.0 Å². The minimum atomic E-state index is -3.73. The monoisotopic (exact) mass is 342 g/mol. The molecule has 0 spiro atoms. The van der Waals surface area contributed by atoms with Gasteiger partial charge in [-0.15, -0.1) is 0 Å². The predicted molar refractivity (Wildman–Crippen MR) is 91.5 cm³/mol. The largest absolute Gasteiger partial charge is 0.478 e. The first-order valence-corrected chi connectivity index (χ1v) is 9.35. The molecule has 0 aliphatic carbocycles. The number of sulfonamides is 1. The number of aromatic carboxylic acids is 1. The number of carboxylic acid groups (broad SMARTS) is 1. The Morgan fingerprint density at radius 3 is 2.39 bits per heavy atom. The summed E-state index contributed by atoms with van der Waals surface area (Å²) in [4.78, 5) is 11.4. The van der Waals surface area contributed by atoms with Crippen molar-refractivity contribution in [3.8, 4) is 0 Å². The molecule has 6 nitrogen and oxygen atoms in total. The lowest BCUT2D eigenvalue weighted by molar-refractivity contribution is 0.0697. The van der Waals surface area contributed by atoms with E-state index in [1.54, 1.807) is 6.92 Å². The Hall–Kier alpha value is -1.60. The van der Waals surface area contributed by atoms with E-state index in [0.717, 1.165) is 19.3 Å². The van der Waals surface area contributed by atoms with E-state index in [9.17, 15) is 18.3 Å². The summed E-state index contributed by atoms with van der Waals surface area (Å²) in [7, 11) is -3.73. The molecular formula is C16H26N2O4S. The van der Waals surface area contributed by atoms with Gasteiger partial charge in [-0.2, -0.15) is 0 Å². The van der Waals surface area contributed by atoms with Crippen molar-refractivity contribution in [3.63, 3.8) is 0 Å². The van der Waals surface area contributed by atoms with Crippen molar-refractivity contribution in [3.05, 3.63) is 23.8 Å². The third-order valence-corrected chi connectivity index (χ3v) is 5.21. The summed E-state index contributed by atoms with van der Waals surface area (Å²) in [5.74, 6) is -1.16. The molecule has 0 fully saturated rings. The topological polar surface area (TPSA) is 95.5 Å². The van der Waals surface area contributed by atoms with Crippen LogP contribution in [0.1, 0.15) is 57.3 Å². The zero-order valence-corrected chi connectivity index (χ0v) is 14.9. The maximum absolute atomic E-state index is 12.4. The summed E-state index contributed by atoms with van der Waals surface area (Å²) in [6, 6.07) is 4.04. The Morgan fingerprint density at radius 2 is 1.87 bits per heavy atom. The maximum Gasteiger partial charge on any atom is 0.337 e. The van der Waals surface area contributed by atoms with Gasteiger partial charge in [0.1, 0.15) is 0 Å². The van der Waals surface area contributed by atoms with Gasteiger partial charge in [-0.3, -0.25) is 0 Å². The van der Waals surface area contributed by atoms with Gasteiger partial charge in [0.25, 0.3) is 0 Å². The van der Waals surface area contributed by atoms with E-state index in [1.807, 2.05) is 20.8 Å². The normalized spacial score (nSPS) is 14.3. The van der Waals surface area contributed by atoms with Gasteiger partial charge in [-0.05, 0) is 44.9 Å². The van der Waals surface area contributed by atoms with Gasteiger partial charge in [0.2, 0.25) is 10.0 Å². The Kier molecular flexibility index (Phi) is 7.02. The zero-order valence-electron chi connectivity index (χ0n) is 14.1. The summed E-state index contributed by atoms with van der Waals surface area (Å²) in [6.45, 7) is 7.68. The van der Waals surface area contributed by atoms with Crippen molar-refractivity contribution in [2.45, 2.75) is 63.9 Å². The van der Waals surface area contributed by atoms with Crippen LogP contribution in [0, 0.1) is 0 Å². The minimum absolute atomic E-state index is 0.0347. The molecule has 7 heteroatoms. The highest BCUT2D eigenvalue weighted by Crippen LogP contribution is 2.22. The average molecular weight is 342 g/mol. The van der Waals surface area contributed by atoms with Gasteiger partial charge in [0.05, 0.1) is 10.5 Å². The molecule has 0 saturated carbocycles. The molecule has 0 radical (unpaired) electrons. The molecule has 0 amide bonds. The van der Waals surface area contributed by atoms with Gasteiger partial charge in [0, 0.05) is 17.8 Å². The van der Waals surface area contributed by atoms with Gasteiger partial charge in [-0.25, -0.2) is 17.9 Å². The SMILES string of the molecule is CCC[C@@H](C)NS(=O)(=O)c1ccc(N[C@@H](C)CC)c(C(=O)O)c1. The fourth-order valence-electron chi connectivity index (χ4n) is 2.19. The second-order valence-corrected chi connectivity index (χ2v) is 7.49. The van der Waals surface area contributed by atoms with Crippen LogP contribution in [0.15, 0.2) is 23.1 Å². The molecule has 2 atom stereocenters. The molecule has 1 rings (SSSR count). The fraction of sp³-hybridized carbons (Fsp3) is 0.562. The Labute approximate surface area is 138 Å². The fourth-order valence-corrected chi connectivity index (χ4v) is 3.49. The second kappa shape index (κ2) is 8.31. The average Bonchev–Trinajstić information content (AvgIpc) is 2.46. The van der Waals surface area contributed by atoms with Crippen molar-refractivity contribution >= 4 is 21.7 Å². The molecule has 0 heterocycles. The predicted octanol–water partition coefficient (Wildman–Crippen LogP) is 3.06. The van der Waals surface area contributed by atoms with E-state index in [1.165, 1.54) is 18.2 Å². The van der Waals surface area contributed by atoms with Crippen molar-refractivity contribution in [1.29, 1.82) is 0 Å². The number of hydrogen-bond acceptors (Lipinski definition) is 4. The van der Waals surface area contributed by atoms with Crippen LogP contribution >= 0.6 is 0 Å². The van der Waals surface area contributed by atoms with Gasteiger partial charge in [-0.1, -0.05) is 20.3 Å². The summed E-state index contributed by atoms with van der Waals surface area (Å²) in [5, 5.41) is 12.4. The first-order valence-electron chi connectivity index (χ1n) is 7.87. The van der Waals surface area contributed by atoms with Crippen LogP contribution < -0.4 is 10.0 Å². The van der Waals surface area contributed by atoms with E-state index in [-0.39, 0.29) is 22.5 Å². The molecule has 0 saturated heterocycles. The summed E-state index contributed by atoms with van der Waals surface area (Å²) in [6.07, 6.45) is 2.41. The van der Waals surface area contributed by atoms with Crippen LogP contribution in [0.2, 0.25) is 0 Å². The Morgan fingerprint density at radius 1 is 1.22 bits per heavy atom. The molecule has 130 valence electrons. The number of anilines is 1. The molecule has 0 unspecified atom stereocenters. The molecule has 1 aromatic carbocycles. The molecule has 0 aliphatic heterocycles. The van der Waals surface area contributed by atoms with Crippen LogP contribution in [-0.4, -0.2) is 31.6 Å². The zero-order chi connectivity index (χ0) is 17.6.